The summed E-state index contributed by atoms with van der Waals surface area (Å²) in [7, 11) is 1.44. The summed E-state index contributed by atoms with van der Waals surface area (Å²) in [5, 5.41) is 0. The van der Waals surface area contributed by atoms with E-state index < -0.39 is 0 Å². The standard InChI is InChI=1S/C25H48O4/c1-4-6-8-15-19-23(18-7-5-2)22-29-25(27)21-17-14-12-10-9-11-13-16-20-24(26)28-3/h23H,4-22H2,1-3H3. The average Bonchev–Trinajstić information content (AvgIpc) is 2.73. The third kappa shape index (κ3) is 20.0. The van der Waals surface area contributed by atoms with Crippen LogP contribution in [0.5, 0.6) is 0 Å². The minimum Gasteiger partial charge on any atom is -0.469 e. The van der Waals surface area contributed by atoms with E-state index in [0.717, 1.165) is 25.7 Å². The molecule has 0 N–H and O–H groups in total. The van der Waals surface area contributed by atoms with Crippen molar-refractivity contribution in [3.8, 4) is 0 Å². The van der Waals surface area contributed by atoms with Crippen molar-refractivity contribution in [1.82, 2.24) is 0 Å². The molecule has 4 nitrogen and oxygen atoms in total. The van der Waals surface area contributed by atoms with Crippen molar-refractivity contribution in [1.29, 1.82) is 0 Å². The molecule has 0 bridgehead atoms. The molecule has 0 aliphatic heterocycles. The highest BCUT2D eigenvalue weighted by Gasteiger charge is 2.11. The first-order chi connectivity index (χ1) is 14.1. The zero-order valence-corrected chi connectivity index (χ0v) is 19.6. The van der Waals surface area contributed by atoms with Crippen LogP contribution < -0.4 is 0 Å². The van der Waals surface area contributed by atoms with Gasteiger partial charge in [0.25, 0.3) is 0 Å². The molecule has 0 rings (SSSR count). The highest BCUT2D eigenvalue weighted by Crippen LogP contribution is 2.18. The van der Waals surface area contributed by atoms with Gasteiger partial charge in [-0.3, -0.25) is 9.59 Å². The Morgan fingerprint density at radius 2 is 1.10 bits per heavy atom. The molecule has 0 spiro atoms. The second kappa shape index (κ2) is 21.6. The summed E-state index contributed by atoms with van der Waals surface area (Å²) in [6.45, 7) is 5.09. The highest BCUT2D eigenvalue weighted by atomic mass is 16.5. The molecule has 4 heteroatoms. The number of ether oxygens (including phenoxy) is 2. The van der Waals surface area contributed by atoms with Gasteiger partial charge >= 0.3 is 11.9 Å². The Bertz CT molecular complexity index is 381. The van der Waals surface area contributed by atoms with Crippen molar-refractivity contribution in [3.05, 3.63) is 0 Å². The number of esters is 2. The van der Waals surface area contributed by atoms with Gasteiger partial charge in [-0.2, -0.15) is 0 Å². The molecular formula is C25H48O4. The van der Waals surface area contributed by atoms with Crippen LogP contribution in [0.1, 0.15) is 129 Å². The highest BCUT2D eigenvalue weighted by molar-refractivity contribution is 5.69. The van der Waals surface area contributed by atoms with Crippen LogP contribution in [0.4, 0.5) is 0 Å². The smallest absolute Gasteiger partial charge is 0.305 e. The third-order valence-electron chi connectivity index (χ3n) is 5.65. The first kappa shape index (κ1) is 27.9. The van der Waals surface area contributed by atoms with Gasteiger partial charge in [0, 0.05) is 12.8 Å². The number of rotatable bonds is 21. The van der Waals surface area contributed by atoms with E-state index in [1.165, 1.54) is 84.2 Å². The number of hydrogen-bond donors (Lipinski definition) is 0. The summed E-state index contributed by atoms with van der Waals surface area (Å²) in [4.78, 5) is 23.0. The van der Waals surface area contributed by atoms with Crippen molar-refractivity contribution in [2.24, 2.45) is 5.92 Å². The molecular weight excluding hydrogens is 364 g/mol. The predicted molar refractivity (Wildman–Crippen MR) is 121 cm³/mol. The number of carbonyl (C=O) groups excluding carboxylic acids is 2. The molecule has 0 heterocycles. The molecule has 0 aromatic heterocycles. The van der Waals surface area contributed by atoms with Crippen LogP contribution in [0, 0.1) is 5.92 Å². The van der Waals surface area contributed by atoms with Crippen LogP contribution in [0.2, 0.25) is 0 Å². The predicted octanol–water partition coefficient (Wildman–Crippen LogP) is 7.38. The second-order valence-corrected chi connectivity index (χ2v) is 8.45. The molecule has 0 saturated carbocycles. The van der Waals surface area contributed by atoms with Gasteiger partial charge in [0.15, 0.2) is 0 Å². The van der Waals surface area contributed by atoms with Gasteiger partial charge in [-0.1, -0.05) is 90.9 Å². The van der Waals surface area contributed by atoms with Crippen LogP contribution in [-0.2, 0) is 19.1 Å². The lowest BCUT2D eigenvalue weighted by atomic mass is 9.96. The number of methoxy groups -OCH3 is 1. The van der Waals surface area contributed by atoms with Crippen LogP contribution >= 0.6 is 0 Å². The van der Waals surface area contributed by atoms with E-state index in [0.29, 0.717) is 25.4 Å². The molecule has 1 atom stereocenters. The normalized spacial score (nSPS) is 12.0. The Balaban J connectivity index is 3.61. The van der Waals surface area contributed by atoms with Gasteiger partial charge in [-0.25, -0.2) is 0 Å². The van der Waals surface area contributed by atoms with E-state index in [-0.39, 0.29) is 11.9 Å². The zero-order valence-electron chi connectivity index (χ0n) is 19.6. The Morgan fingerprint density at radius 1 is 0.621 bits per heavy atom. The molecule has 29 heavy (non-hydrogen) atoms. The molecule has 0 aliphatic carbocycles. The van der Waals surface area contributed by atoms with Crippen LogP contribution in [0.3, 0.4) is 0 Å². The second-order valence-electron chi connectivity index (χ2n) is 8.45. The summed E-state index contributed by atoms with van der Waals surface area (Å²) < 4.78 is 10.2. The van der Waals surface area contributed by atoms with Gasteiger partial charge in [0.1, 0.15) is 0 Å². The lowest BCUT2D eigenvalue weighted by molar-refractivity contribution is -0.145. The van der Waals surface area contributed by atoms with Crippen molar-refractivity contribution in [3.63, 3.8) is 0 Å². The topological polar surface area (TPSA) is 52.6 Å². The summed E-state index contributed by atoms with van der Waals surface area (Å²) >= 11 is 0. The van der Waals surface area contributed by atoms with Gasteiger partial charge in [-0.15, -0.1) is 0 Å². The fraction of sp³-hybridized carbons (Fsp3) is 0.920. The van der Waals surface area contributed by atoms with E-state index in [1.807, 2.05) is 0 Å². The monoisotopic (exact) mass is 412 g/mol. The third-order valence-corrected chi connectivity index (χ3v) is 5.65. The zero-order chi connectivity index (χ0) is 21.6. The molecule has 0 aromatic rings. The molecule has 0 saturated heterocycles. The maximum Gasteiger partial charge on any atom is 0.305 e. The molecule has 0 fully saturated rings. The van der Waals surface area contributed by atoms with Gasteiger partial charge in [0.2, 0.25) is 0 Å². The summed E-state index contributed by atoms with van der Waals surface area (Å²) in [5.74, 6) is 0.433. The molecule has 0 radical (unpaired) electrons. The van der Waals surface area contributed by atoms with Crippen molar-refractivity contribution >= 4 is 11.9 Å². The number of carbonyl (C=O) groups is 2. The van der Waals surface area contributed by atoms with E-state index in [9.17, 15) is 9.59 Å². The lowest BCUT2D eigenvalue weighted by Crippen LogP contribution is -2.14. The molecule has 0 aromatic carbocycles. The maximum atomic E-state index is 12.0. The summed E-state index contributed by atoms with van der Waals surface area (Å²) in [5.41, 5.74) is 0. The van der Waals surface area contributed by atoms with Crippen molar-refractivity contribution < 1.29 is 19.1 Å². The van der Waals surface area contributed by atoms with Gasteiger partial charge < -0.3 is 9.47 Å². The van der Waals surface area contributed by atoms with Crippen molar-refractivity contribution in [2.45, 2.75) is 129 Å². The van der Waals surface area contributed by atoms with Crippen LogP contribution in [0.15, 0.2) is 0 Å². The SMILES string of the molecule is CCCCCCC(CCCC)COC(=O)CCCCCCCCCCC(=O)OC. The fourth-order valence-corrected chi connectivity index (χ4v) is 3.65. The molecule has 0 aliphatic rings. The Morgan fingerprint density at radius 3 is 1.66 bits per heavy atom. The quantitative estimate of drug-likeness (QED) is 0.146. The number of unbranched alkanes of at least 4 members (excludes halogenated alkanes) is 11. The maximum absolute atomic E-state index is 12.0. The Hall–Kier alpha value is -1.06. The fourth-order valence-electron chi connectivity index (χ4n) is 3.65. The summed E-state index contributed by atoms with van der Waals surface area (Å²) in [6.07, 6.45) is 19.9. The first-order valence-corrected chi connectivity index (χ1v) is 12.4. The van der Waals surface area contributed by atoms with E-state index in [1.54, 1.807) is 0 Å². The van der Waals surface area contributed by atoms with E-state index in [4.69, 9.17) is 4.74 Å². The average molecular weight is 413 g/mol. The minimum atomic E-state index is -0.106. The largest absolute Gasteiger partial charge is 0.469 e. The molecule has 172 valence electrons. The van der Waals surface area contributed by atoms with Crippen LogP contribution in [-0.4, -0.2) is 25.7 Å². The van der Waals surface area contributed by atoms with E-state index >= 15 is 0 Å². The van der Waals surface area contributed by atoms with Crippen LogP contribution in [0.25, 0.3) is 0 Å². The number of hydrogen-bond acceptors (Lipinski definition) is 4. The Kier molecular flexibility index (Phi) is 20.9. The van der Waals surface area contributed by atoms with Gasteiger partial charge in [0.05, 0.1) is 13.7 Å². The minimum absolute atomic E-state index is 0.0112. The molecule has 0 amide bonds. The van der Waals surface area contributed by atoms with Gasteiger partial charge in [-0.05, 0) is 31.6 Å². The van der Waals surface area contributed by atoms with Crippen molar-refractivity contribution in [2.75, 3.05) is 13.7 Å². The lowest BCUT2D eigenvalue weighted by Gasteiger charge is -2.16. The first-order valence-electron chi connectivity index (χ1n) is 12.4. The Labute approximate surface area is 180 Å². The summed E-state index contributed by atoms with van der Waals surface area (Å²) in [6, 6.07) is 0. The van der Waals surface area contributed by atoms with E-state index in [2.05, 4.69) is 18.6 Å². The molecule has 1 unspecified atom stereocenters.